The number of rotatable bonds is 6. The van der Waals surface area contributed by atoms with Crippen molar-refractivity contribution in [3.63, 3.8) is 0 Å². The Morgan fingerprint density at radius 3 is 2.24 bits per heavy atom. The number of ether oxygens (including phenoxy) is 1. The number of methoxy groups -OCH3 is 1. The standard InChI is InChI=1S/C27H34N4O3/c1-26(2,3)19-11-13-20(14-12-19)31(25(33)22-16-28-17-29-22)23(24(32)30-27(4,5)6)18-9-8-10-21(15-18)34-7/h8-17,23H,1-7H3,(H,28,29)(H,30,32). The van der Waals surface area contributed by atoms with Gasteiger partial charge in [-0.2, -0.15) is 0 Å². The molecule has 3 rings (SSSR count). The van der Waals surface area contributed by atoms with Crippen LogP contribution in [0.1, 0.15) is 69.2 Å². The zero-order valence-corrected chi connectivity index (χ0v) is 21.0. The third-order valence-electron chi connectivity index (χ3n) is 5.37. The lowest BCUT2D eigenvalue weighted by atomic mass is 9.87. The average Bonchev–Trinajstić information content (AvgIpc) is 3.30. The number of carbonyl (C=O) groups excluding carboxylic acids is 2. The minimum Gasteiger partial charge on any atom is -0.497 e. The number of aromatic nitrogens is 2. The molecule has 34 heavy (non-hydrogen) atoms. The summed E-state index contributed by atoms with van der Waals surface area (Å²) < 4.78 is 5.41. The Balaban J connectivity index is 2.20. The Bertz CT molecular complexity index is 1120. The van der Waals surface area contributed by atoms with Gasteiger partial charge in [-0.25, -0.2) is 4.98 Å². The van der Waals surface area contributed by atoms with Crippen molar-refractivity contribution < 1.29 is 14.3 Å². The molecule has 0 saturated heterocycles. The molecular weight excluding hydrogens is 428 g/mol. The maximum absolute atomic E-state index is 13.8. The summed E-state index contributed by atoms with van der Waals surface area (Å²) >= 11 is 0. The lowest BCUT2D eigenvalue weighted by molar-refractivity contribution is -0.123. The first-order valence-corrected chi connectivity index (χ1v) is 11.3. The van der Waals surface area contributed by atoms with Crippen molar-refractivity contribution in [2.75, 3.05) is 12.0 Å². The molecule has 1 heterocycles. The van der Waals surface area contributed by atoms with E-state index in [9.17, 15) is 9.59 Å². The van der Waals surface area contributed by atoms with Crippen LogP contribution in [0.3, 0.4) is 0 Å². The summed E-state index contributed by atoms with van der Waals surface area (Å²) in [5, 5.41) is 3.04. The van der Waals surface area contributed by atoms with Gasteiger partial charge >= 0.3 is 0 Å². The van der Waals surface area contributed by atoms with E-state index in [1.807, 2.05) is 57.2 Å². The second-order valence-electron chi connectivity index (χ2n) is 10.4. The molecule has 1 unspecified atom stereocenters. The first kappa shape index (κ1) is 25.0. The number of hydrogen-bond acceptors (Lipinski definition) is 4. The van der Waals surface area contributed by atoms with Crippen molar-refractivity contribution >= 4 is 17.5 Å². The maximum atomic E-state index is 13.8. The molecule has 2 N–H and O–H groups in total. The molecule has 7 heteroatoms. The van der Waals surface area contributed by atoms with Crippen LogP contribution in [0.25, 0.3) is 0 Å². The molecule has 0 spiro atoms. The summed E-state index contributed by atoms with van der Waals surface area (Å²) in [6.45, 7) is 12.1. The van der Waals surface area contributed by atoms with E-state index in [0.29, 0.717) is 17.0 Å². The highest BCUT2D eigenvalue weighted by Crippen LogP contribution is 2.33. The SMILES string of the molecule is COc1cccc(C(C(=O)NC(C)(C)C)N(C(=O)c2cnc[nH]2)c2ccc(C(C)(C)C)cc2)c1. The molecule has 0 fully saturated rings. The number of carbonyl (C=O) groups is 2. The highest BCUT2D eigenvalue weighted by molar-refractivity contribution is 6.09. The van der Waals surface area contributed by atoms with Crippen molar-refractivity contribution in [1.82, 2.24) is 15.3 Å². The van der Waals surface area contributed by atoms with Crippen LogP contribution >= 0.6 is 0 Å². The van der Waals surface area contributed by atoms with Crippen molar-refractivity contribution in [1.29, 1.82) is 0 Å². The number of amides is 2. The fourth-order valence-corrected chi connectivity index (χ4v) is 3.68. The molecule has 0 aliphatic rings. The normalized spacial score (nSPS) is 12.7. The smallest absolute Gasteiger partial charge is 0.277 e. The number of hydrogen-bond donors (Lipinski definition) is 2. The number of H-pyrrole nitrogens is 1. The number of benzene rings is 2. The van der Waals surface area contributed by atoms with Crippen LogP contribution < -0.4 is 15.0 Å². The van der Waals surface area contributed by atoms with Crippen LogP contribution in [-0.2, 0) is 10.2 Å². The molecule has 1 aromatic heterocycles. The Labute approximate surface area is 201 Å². The molecule has 0 saturated carbocycles. The second-order valence-corrected chi connectivity index (χ2v) is 10.4. The molecule has 3 aromatic rings. The van der Waals surface area contributed by atoms with Gasteiger partial charge in [0.25, 0.3) is 5.91 Å². The minimum atomic E-state index is -0.939. The number of aromatic amines is 1. The van der Waals surface area contributed by atoms with E-state index in [1.54, 1.807) is 19.2 Å². The molecule has 2 amide bonds. The highest BCUT2D eigenvalue weighted by Gasteiger charge is 2.35. The maximum Gasteiger partial charge on any atom is 0.277 e. The van der Waals surface area contributed by atoms with Crippen LogP contribution in [0.15, 0.2) is 61.1 Å². The van der Waals surface area contributed by atoms with Crippen molar-refractivity contribution in [3.05, 3.63) is 77.9 Å². The van der Waals surface area contributed by atoms with Crippen LogP contribution in [0.2, 0.25) is 0 Å². The van der Waals surface area contributed by atoms with Crippen molar-refractivity contribution in [3.8, 4) is 5.75 Å². The third-order valence-corrected chi connectivity index (χ3v) is 5.37. The topological polar surface area (TPSA) is 87.3 Å². The Hall–Kier alpha value is -3.61. The highest BCUT2D eigenvalue weighted by atomic mass is 16.5. The number of nitrogens with zero attached hydrogens (tertiary/aromatic N) is 2. The van der Waals surface area contributed by atoms with E-state index in [2.05, 4.69) is 36.1 Å². The fraction of sp³-hybridized carbons (Fsp3) is 0.370. The lowest BCUT2D eigenvalue weighted by Gasteiger charge is -2.34. The first-order valence-electron chi connectivity index (χ1n) is 11.3. The van der Waals surface area contributed by atoms with Gasteiger partial charge in [0.05, 0.1) is 19.6 Å². The number of anilines is 1. The third kappa shape index (κ3) is 5.84. The second kappa shape index (κ2) is 9.71. The van der Waals surface area contributed by atoms with Crippen LogP contribution in [0, 0.1) is 0 Å². The van der Waals surface area contributed by atoms with Gasteiger partial charge in [0.1, 0.15) is 17.5 Å². The summed E-state index contributed by atoms with van der Waals surface area (Å²) in [7, 11) is 1.57. The summed E-state index contributed by atoms with van der Waals surface area (Å²) in [5.74, 6) is -0.0607. The summed E-state index contributed by atoms with van der Waals surface area (Å²) in [5.41, 5.74) is 2.11. The van der Waals surface area contributed by atoms with Gasteiger partial charge in [-0.1, -0.05) is 45.0 Å². The van der Waals surface area contributed by atoms with E-state index >= 15 is 0 Å². The Morgan fingerprint density at radius 1 is 1.03 bits per heavy atom. The predicted octanol–water partition coefficient (Wildman–Crippen LogP) is 5.02. The monoisotopic (exact) mass is 462 g/mol. The summed E-state index contributed by atoms with van der Waals surface area (Å²) in [6, 6.07) is 14.0. The minimum absolute atomic E-state index is 0.0491. The quantitative estimate of drug-likeness (QED) is 0.539. The molecule has 2 aromatic carbocycles. The van der Waals surface area contributed by atoms with Gasteiger partial charge in [0.15, 0.2) is 0 Å². The van der Waals surface area contributed by atoms with Gasteiger partial charge in [-0.3, -0.25) is 14.5 Å². The molecule has 7 nitrogen and oxygen atoms in total. The van der Waals surface area contributed by atoms with E-state index in [4.69, 9.17) is 4.74 Å². The molecule has 1 atom stereocenters. The zero-order chi connectivity index (χ0) is 25.1. The van der Waals surface area contributed by atoms with E-state index < -0.39 is 11.6 Å². The molecule has 0 bridgehead atoms. The van der Waals surface area contributed by atoms with Crippen LogP contribution in [-0.4, -0.2) is 34.4 Å². The van der Waals surface area contributed by atoms with Gasteiger partial charge in [0, 0.05) is 11.2 Å². The van der Waals surface area contributed by atoms with E-state index in [-0.39, 0.29) is 22.9 Å². The molecule has 180 valence electrons. The van der Waals surface area contributed by atoms with Crippen LogP contribution in [0.5, 0.6) is 5.75 Å². The largest absolute Gasteiger partial charge is 0.497 e. The van der Waals surface area contributed by atoms with E-state index in [0.717, 1.165) is 5.56 Å². The average molecular weight is 463 g/mol. The van der Waals surface area contributed by atoms with E-state index in [1.165, 1.54) is 17.4 Å². The molecule has 0 aliphatic heterocycles. The molecular formula is C27H34N4O3. The van der Waals surface area contributed by atoms with Crippen molar-refractivity contribution in [2.24, 2.45) is 0 Å². The Kier molecular flexibility index (Phi) is 7.15. The number of nitrogens with one attached hydrogen (secondary N) is 2. The van der Waals surface area contributed by atoms with Crippen LogP contribution in [0.4, 0.5) is 5.69 Å². The molecule has 0 aliphatic carbocycles. The summed E-state index contributed by atoms with van der Waals surface area (Å²) in [4.78, 5) is 35.9. The van der Waals surface area contributed by atoms with Gasteiger partial charge in [0.2, 0.25) is 5.91 Å². The Morgan fingerprint density at radius 2 is 1.71 bits per heavy atom. The fourth-order valence-electron chi connectivity index (χ4n) is 3.68. The zero-order valence-electron chi connectivity index (χ0n) is 21.0. The van der Waals surface area contributed by atoms with Gasteiger partial charge in [-0.05, 0) is 61.6 Å². The van der Waals surface area contributed by atoms with Gasteiger partial charge < -0.3 is 15.0 Å². The van der Waals surface area contributed by atoms with Crippen molar-refractivity contribution in [2.45, 2.75) is 58.5 Å². The summed E-state index contributed by atoms with van der Waals surface area (Å²) in [6.07, 6.45) is 2.91. The van der Waals surface area contributed by atoms with Gasteiger partial charge in [-0.15, -0.1) is 0 Å². The predicted molar refractivity (Wildman–Crippen MR) is 134 cm³/mol. The number of imidazole rings is 1. The molecule has 0 radical (unpaired) electrons. The lowest BCUT2D eigenvalue weighted by Crippen LogP contribution is -2.49. The first-order chi connectivity index (χ1) is 15.9.